The number of halogens is 4. The van der Waals surface area contributed by atoms with Gasteiger partial charge in [0.25, 0.3) is 0 Å². The molecular weight excluding hydrogens is 521 g/mol. The summed E-state index contributed by atoms with van der Waals surface area (Å²) in [6, 6.07) is 4.50. The zero-order chi connectivity index (χ0) is 25.9. The van der Waals surface area contributed by atoms with Gasteiger partial charge in [-0.1, -0.05) is 23.2 Å². The number of rotatable bonds is 6. The normalized spacial score (nSPS) is 17.9. The first-order chi connectivity index (χ1) is 17.7. The number of ether oxygens (including phenoxy) is 1. The molecule has 0 bridgehead atoms. The molecule has 37 heavy (non-hydrogen) atoms. The van der Waals surface area contributed by atoms with Crippen molar-refractivity contribution < 1.29 is 13.5 Å². The molecule has 0 aliphatic carbocycles. The number of nitrogens with one attached hydrogen (secondary N) is 1. The molecule has 11 heteroatoms. The molecule has 2 fully saturated rings. The first-order valence-electron chi connectivity index (χ1n) is 12.0. The second-order valence-electron chi connectivity index (χ2n) is 9.87. The number of hydrogen-bond acceptors (Lipinski definition) is 6. The van der Waals surface area contributed by atoms with Gasteiger partial charge in [0, 0.05) is 55.9 Å². The number of hydrogen-bond donors (Lipinski definition) is 1. The van der Waals surface area contributed by atoms with E-state index in [1.807, 2.05) is 4.90 Å². The van der Waals surface area contributed by atoms with Crippen molar-refractivity contribution in [2.75, 3.05) is 31.1 Å². The molecule has 1 N–H and O–H groups in total. The molecular formula is C26H24Cl2F2N6O. The summed E-state index contributed by atoms with van der Waals surface area (Å²) < 4.78 is 36.8. The summed E-state index contributed by atoms with van der Waals surface area (Å²) >= 11 is 12.5. The Hall–Kier alpha value is -3.01. The molecule has 6 rings (SSSR count). The Kier molecular flexibility index (Phi) is 5.97. The van der Waals surface area contributed by atoms with E-state index in [2.05, 4.69) is 32.0 Å². The highest BCUT2D eigenvalue weighted by molar-refractivity contribution is 6.35. The minimum atomic E-state index is -0.651. The summed E-state index contributed by atoms with van der Waals surface area (Å²) in [4.78, 5) is 12.7. The third-order valence-corrected chi connectivity index (χ3v) is 7.91. The van der Waals surface area contributed by atoms with E-state index in [1.54, 1.807) is 13.0 Å². The molecule has 192 valence electrons. The predicted octanol–water partition coefficient (Wildman–Crippen LogP) is 6.03. The van der Waals surface area contributed by atoms with Gasteiger partial charge in [-0.25, -0.2) is 13.8 Å². The SMILES string of the molecule is C[C@@H](Oc1ccc2[nH]nc(-c3cnc(N4CC(C)(N5CCC5)C4)c(F)c3)c2c1F)c1c(Cl)cncc1Cl. The topological polar surface area (TPSA) is 70.2 Å². The average molecular weight is 545 g/mol. The lowest BCUT2D eigenvalue weighted by Crippen LogP contribution is -2.71. The summed E-state index contributed by atoms with van der Waals surface area (Å²) in [6.07, 6.45) is 4.99. The number of H-pyrrole nitrogens is 1. The minimum Gasteiger partial charge on any atom is -0.483 e. The highest BCUT2D eigenvalue weighted by Crippen LogP contribution is 2.39. The Balaban J connectivity index is 1.28. The van der Waals surface area contributed by atoms with Crippen LogP contribution < -0.4 is 9.64 Å². The lowest BCUT2D eigenvalue weighted by Gasteiger charge is -2.57. The molecule has 0 spiro atoms. The van der Waals surface area contributed by atoms with Crippen LogP contribution in [-0.2, 0) is 0 Å². The molecule has 0 unspecified atom stereocenters. The van der Waals surface area contributed by atoms with E-state index in [9.17, 15) is 0 Å². The summed E-state index contributed by atoms with van der Waals surface area (Å²) in [5.74, 6) is -0.816. The van der Waals surface area contributed by atoms with Crippen LogP contribution in [0.25, 0.3) is 22.2 Å². The van der Waals surface area contributed by atoms with Gasteiger partial charge >= 0.3 is 0 Å². The quantitative estimate of drug-likeness (QED) is 0.319. The number of aromatic nitrogens is 4. The van der Waals surface area contributed by atoms with Crippen molar-refractivity contribution in [2.24, 2.45) is 0 Å². The van der Waals surface area contributed by atoms with E-state index in [1.165, 1.54) is 37.1 Å². The number of nitrogens with zero attached hydrogens (tertiary/aromatic N) is 5. The molecule has 0 amide bonds. The molecule has 1 aromatic carbocycles. The number of pyridine rings is 2. The fourth-order valence-corrected chi connectivity index (χ4v) is 5.86. The third-order valence-electron chi connectivity index (χ3n) is 7.31. The minimum absolute atomic E-state index is 0.0116. The Morgan fingerprint density at radius 2 is 1.84 bits per heavy atom. The molecule has 7 nitrogen and oxygen atoms in total. The van der Waals surface area contributed by atoms with Crippen LogP contribution in [0, 0.1) is 11.6 Å². The van der Waals surface area contributed by atoms with Gasteiger partial charge in [0.1, 0.15) is 11.8 Å². The smallest absolute Gasteiger partial charge is 0.176 e. The van der Waals surface area contributed by atoms with E-state index >= 15 is 8.78 Å². The Labute approximate surface area is 222 Å². The molecule has 2 aliphatic rings. The molecule has 3 aromatic heterocycles. The molecule has 1 atom stereocenters. The zero-order valence-electron chi connectivity index (χ0n) is 20.2. The zero-order valence-corrected chi connectivity index (χ0v) is 21.7. The number of anilines is 1. The highest BCUT2D eigenvalue weighted by atomic mass is 35.5. The Morgan fingerprint density at radius 3 is 2.49 bits per heavy atom. The van der Waals surface area contributed by atoms with E-state index in [4.69, 9.17) is 27.9 Å². The molecule has 5 heterocycles. The summed E-state index contributed by atoms with van der Waals surface area (Å²) in [5.41, 5.74) is 1.62. The predicted molar refractivity (Wildman–Crippen MR) is 139 cm³/mol. The van der Waals surface area contributed by atoms with Crippen LogP contribution in [0.1, 0.15) is 31.9 Å². The van der Waals surface area contributed by atoms with Crippen LogP contribution in [0.15, 0.2) is 36.8 Å². The monoisotopic (exact) mass is 544 g/mol. The van der Waals surface area contributed by atoms with Crippen LogP contribution >= 0.6 is 23.2 Å². The van der Waals surface area contributed by atoms with Crippen LogP contribution in [0.2, 0.25) is 10.0 Å². The van der Waals surface area contributed by atoms with Gasteiger partial charge in [-0.2, -0.15) is 5.10 Å². The molecule has 4 aromatic rings. The van der Waals surface area contributed by atoms with Crippen LogP contribution in [-0.4, -0.2) is 56.8 Å². The van der Waals surface area contributed by atoms with Gasteiger partial charge in [-0.3, -0.25) is 15.0 Å². The van der Waals surface area contributed by atoms with E-state index in [0.717, 1.165) is 26.2 Å². The summed E-state index contributed by atoms with van der Waals surface area (Å²) in [7, 11) is 0. The van der Waals surface area contributed by atoms with Crippen LogP contribution in [0.4, 0.5) is 14.6 Å². The van der Waals surface area contributed by atoms with Crippen LogP contribution in [0.3, 0.4) is 0 Å². The second kappa shape index (κ2) is 9.08. The average Bonchev–Trinajstić information content (AvgIpc) is 3.23. The van der Waals surface area contributed by atoms with E-state index < -0.39 is 17.7 Å². The highest BCUT2D eigenvalue weighted by Gasteiger charge is 2.46. The fraction of sp³-hybridized carbons (Fsp3) is 0.346. The number of likely N-dealkylation sites (tertiary alicyclic amines) is 1. The van der Waals surface area contributed by atoms with Gasteiger partial charge < -0.3 is 9.64 Å². The van der Waals surface area contributed by atoms with Crippen molar-refractivity contribution >= 4 is 39.9 Å². The van der Waals surface area contributed by atoms with Crippen molar-refractivity contribution in [3.05, 3.63) is 64.0 Å². The summed E-state index contributed by atoms with van der Waals surface area (Å²) in [6.45, 7) is 7.54. The maximum Gasteiger partial charge on any atom is 0.176 e. The van der Waals surface area contributed by atoms with Crippen molar-refractivity contribution in [2.45, 2.75) is 31.9 Å². The van der Waals surface area contributed by atoms with Gasteiger partial charge in [0.2, 0.25) is 0 Å². The van der Waals surface area contributed by atoms with Gasteiger partial charge in [-0.05, 0) is 38.5 Å². The largest absolute Gasteiger partial charge is 0.483 e. The molecule has 0 saturated carbocycles. The van der Waals surface area contributed by atoms with E-state index in [0.29, 0.717) is 32.5 Å². The van der Waals surface area contributed by atoms with E-state index in [-0.39, 0.29) is 22.4 Å². The number of fused-ring (bicyclic) bond motifs is 1. The van der Waals surface area contributed by atoms with Crippen molar-refractivity contribution in [1.82, 2.24) is 25.1 Å². The van der Waals surface area contributed by atoms with Gasteiger partial charge in [0.05, 0.1) is 26.5 Å². The lowest BCUT2D eigenvalue weighted by molar-refractivity contribution is 0.0203. The molecule has 2 aliphatic heterocycles. The lowest BCUT2D eigenvalue weighted by atomic mass is 9.87. The number of aromatic amines is 1. The fourth-order valence-electron chi connectivity index (χ4n) is 5.19. The third kappa shape index (κ3) is 4.09. The van der Waals surface area contributed by atoms with Crippen molar-refractivity contribution in [3.8, 4) is 17.0 Å². The first kappa shape index (κ1) is 24.3. The van der Waals surface area contributed by atoms with Crippen molar-refractivity contribution in [3.63, 3.8) is 0 Å². The number of benzene rings is 1. The van der Waals surface area contributed by atoms with Gasteiger partial charge in [-0.15, -0.1) is 0 Å². The molecule has 0 radical (unpaired) electrons. The summed E-state index contributed by atoms with van der Waals surface area (Å²) in [5, 5.41) is 7.88. The van der Waals surface area contributed by atoms with Gasteiger partial charge in [0.15, 0.2) is 23.2 Å². The maximum absolute atomic E-state index is 15.7. The first-order valence-corrected chi connectivity index (χ1v) is 12.8. The standard InChI is InChI=1S/C26H24Cl2F2N6O/c1-14(21-16(27)10-31-11-17(21)28)37-20-5-4-19-22(23(20)30)24(34-33-19)15-8-18(29)25(32-9-15)35-12-26(2,13-35)36-6-3-7-36/h4-5,8-11,14H,3,6-7,12-13H2,1-2H3,(H,33,34)/t14-/m1/s1. The van der Waals surface area contributed by atoms with Crippen molar-refractivity contribution in [1.29, 1.82) is 0 Å². The maximum atomic E-state index is 15.7. The van der Waals surface area contributed by atoms with Crippen LogP contribution in [0.5, 0.6) is 5.75 Å². The second-order valence-corrected chi connectivity index (χ2v) is 10.7. The Morgan fingerprint density at radius 1 is 1.11 bits per heavy atom. The molecule has 2 saturated heterocycles. The Bertz CT molecular complexity index is 1480.